The van der Waals surface area contributed by atoms with Crippen molar-refractivity contribution in [3.8, 4) is 33.8 Å². The maximum absolute atomic E-state index is 13.2. The van der Waals surface area contributed by atoms with Crippen molar-refractivity contribution in [2.24, 2.45) is 0 Å². The molecule has 0 N–H and O–H groups in total. The Morgan fingerprint density at radius 3 is 1.06 bits per heavy atom. The van der Waals surface area contributed by atoms with Gasteiger partial charge in [0.15, 0.2) is 0 Å². The molecule has 1 saturated heterocycles. The van der Waals surface area contributed by atoms with Gasteiger partial charge in [-0.25, -0.2) is 19.2 Å². The number of carbonyl (C=O) groups is 4. The predicted molar refractivity (Wildman–Crippen MR) is 243 cm³/mol. The fraction of sp³-hybridized carbons (Fsp3) is 0.385. The van der Waals surface area contributed by atoms with E-state index < -0.39 is 24.5 Å². The van der Waals surface area contributed by atoms with Crippen LogP contribution in [-0.4, -0.2) is 76.1 Å². The van der Waals surface area contributed by atoms with E-state index in [-0.39, 0.29) is 25.2 Å². The van der Waals surface area contributed by atoms with Crippen molar-refractivity contribution < 1.29 is 57.1 Å². The van der Waals surface area contributed by atoms with E-state index in [9.17, 15) is 19.2 Å². The lowest BCUT2D eigenvalue weighted by atomic mass is 10.0. The van der Waals surface area contributed by atoms with E-state index in [4.69, 9.17) is 37.9 Å². The third kappa shape index (κ3) is 17.1. The van der Waals surface area contributed by atoms with Crippen LogP contribution in [0.1, 0.15) is 97.8 Å². The van der Waals surface area contributed by atoms with Crippen LogP contribution >= 0.6 is 0 Å². The lowest BCUT2D eigenvalue weighted by Crippen LogP contribution is -2.44. The van der Waals surface area contributed by atoms with E-state index in [0.29, 0.717) is 37.6 Å². The number of ether oxygens (including phenoxy) is 8. The molecule has 5 rings (SSSR count). The summed E-state index contributed by atoms with van der Waals surface area (Å²) in [6, 6.07) is 29.6. The fourth-order valence-electron chi connectivity index (χ4n) is 6.76. The molecular formula is C52H60O12. The maximum Gasteiger partial charge on any atom is 0.340 e. The summed E-state index contributed by atoms with van der Waals surface area (Å²) in [6.07, 6.45) is 12.1. The van der Waals surface area contributed by atoms with Crippen molar-refractivity contribution in [1.82, 2.24) is 0 Å². The zero-order chi connectivity index (χ0) is 45.2. The van der Waals surface area contributed by atoms with Gasteiger partial charge in [0.2, 0.25) is 0 Å². The van der Waals surface area contributed by atoms with Gasteiger partial charge in [0, 0.05) is 12.2 Å². The van der Waals surface area contributed by atoms with Gasteiger partial charge in [-0.05, 0) is 96.5 Å². The largest absolute Gasteiger partial charge is 0.494 e. The van der Waals surface area contributed by atoms with Crippen molar-refractivity contribution in [1.29, 1.82) is 0 Å². The van der Waals surface area contributed by atoms with Crippen LogP contribution in [0.2, 0.25) is 0 Å². The number of benzene rings is 4. The molecule has 0 amide bonds. The van der Waals surface area contributed by atoms with E-state index >= 15 is 0 Å². The highest BCUT2D eigenvalue weighted by molar-refractivity contribution is 5.91. The van der Waals surface area contributed by atoms with Gasteiger partial charge in [0.1, 0.15) is 11.5 Å². The topological polar surface area (TPSA) is 142 Å². The zero-order valence-corrected chi connectivity index (χ0v) is 36.6. The van der Waals surface area contributed by atoms with Crippen molar-refractivity contribution >= 4 is 23.9 Å². The molecular weight excluding hydrogens is 817 g/mol. The molecule has 1 heterocycles. The summed E-state index contributed by atoms with van der Waals surface area (Å²) in [5.41, 5.74) is 4.37. The average molecular weight is 877 g/mol. The van der Waals surface area contributed by atoms with Crippen LogP contribution in [0.4, 0.5) is 0 Å². The SMILES string of the molecule is C=CC(=O)OCCCCCCCCOc1ccc(-c2ccc(C(=O)O[C@@H]3OCCO[C@H]3OC(=O)c3ccc(-c4ccc(OCCCCCCCCOC(=O)C=C)cc4)cc3)cc2)cc1. The third-order valence-corrected chi connectivity index (χ3v) is 10.4. The fourth-order valence-corrected chi connectivity index (χ4v) is 6.76. The average Bonchev–Trinajstić information content (AvgIpc) is 3.33. The summed E-state index contributed by atoms with van der Waals surface area (Å²) >= 11 is 0. The zero-order valence-electron chi connectivity index (χ0n) is 36.6. The summed E-state index contributed by atoms with van der Waals surface area (Å²) < 4.78 is 44.4. The first-order valence-electron chi connectivity index (χ1n) is 22.2. The van der Waals surface area contributed by atoms with E-state index in [1.54, 1.807) is 24.3 Å². The molecule has 0 radical (unpaired) electrons. The molecule has 12 nitrogen and oxygen atoms in total. The molecule has 12 heteroatoms. The molecule has 0 bridgehead atoms. The molecule has 64 heavy (non-hydrogen) atoms. The number of unbranched alkanes of at least 4 members (excludes halogenated alkanes) is 10. The molecule has 1 fully saturated rings. The molecule has 4 aromatic carbocycles. The van der Waals surface area contributed by atoms with Crippen molar-refractivity contribution in [2.75, 3.05) is 39.6 Å². The molecule has 1 aliphatic rings. The Balaban J connectivity index is 0.987. The number of carbonyl (C=O) groups excluding carboxylic acids is 4. The Bertz CT molecular complexity index is 1890. The second-order valence-corrected chi connectivity index (χ2v) is 15.2. The Labute approximate surface area is 376 Å². The summed E-state index contributed by atoms with van der Waals surface area (Å²) in [4.78, 5) is 48.4. The van der Waals surface area contributed by atoms with Gasteiger partial charge in [0.05, 0.1) is 50.8 Å². The molecule has 0 aromatic heterocycles. The molecule has 0 aliphatic carbocycles. The smallest absolute Gasteiger partial charge is 0.340 e. The quantitative estimate of drug-likeness (QED) is 0.0232. The highest BCUT2D eigenvalue weighted by Gasteiger charge is 2.34. The highest BCUT2D eigenvalue weighted by atomic mass is 16.8. The van der Waals surface area contributed by atoms with E-state index in [1.165, 1.54) is 12.2 Å². The first-order chi connectivity index (χ1) is 31.3. The first kappa shape index (κ1) is 48.8. The van der Waals surface area contributed by atoms with Crippen molar-refractivity contribution in [2.45, 2.75) is 89.6 Å². The van der Waals surface area contributed by atoms with Crippen LogP contribution in [0, 0.1) is 0 Å². The van der Waals surface area contributed by atoms with Crippen LogP contribution in [0.15, 0.2) is 122 Å². The first-order valence-corrected chi connectivity index (χ1v) is 22.2. The lowest BCUT2D eigenvalue weighted by molar-refractivity contribution is -0.288. The monoisotopic (exact) mass is 876 g/mol. The van der Waals surface area contributed by atoms with Crippen LogP contribution in [0.25, 0.3) is 22.3 Å². The van der Waals surface area contributed by atoms with Gasteiger partial charge in [-0.1, -0.05) is 113 Å². The van der Waals surface area contributed by atoms with Gasteiger partial charge in [-0.3, -0.25) is 0 Å². The molecule has 2 atom stereocenters. The summed E-state index contributed by atoms with van der Waals surface area (Å²) in [6.45, 7) is 9.26. The minimum absolute atomic E-state index is 0.167. The molecule has 1 aliphatic heterocycles. The molecule has 0 spiro atoms. The van der Waals surface area contributed by atoms with Crippen LogP contribution in [0.3, 0.4) is 0 Å². The van der Waals surface area contributed by atoms with Crippen molar-refractivity contribution in [3.63, 3.8) is 0 Å². The normalized spacial score (nSPS) is 14.4. The minimum atomic E-state index is -1.25. The Morgan fingerprint density at radius 1 is 0.438 bits per heavy atom. The lowest BCUT2D eigenvalue weighted by Gasteiger charge is -2.30. The predicted octanol–water partition coefficient (Wildman–Crippen LogP) is 10.6. The maximum atomic E-state index is 13.2. The summed E-state index contributed by atoms with van der Waals surface area (Å²) in [5, 5.41) is 0. The highest BCUT2D eigenvalue weighted by Crippen LogP contribution is 2.26. The molecule has 4 aromatic rings. The Morgan fingerprint density at radius 2 is 0.734 bits per heavy atom. The standard InChI is InChI=1S/C52H60O12/c1-3-47(53)59-35-15-11-7-5-9-13-33-57-45-29-25-41(26-30-45)39-17-21-43(22-18-39)49(55)63-51-52(62-38-37-61-51)64-50(56)44-23-19-40(20-24-44)42-27-31-46(32-28-42)58-34-14-10-6-8-12-16-36-60-48(54)4-2/h3-4,17-32,51-52H,1-2,5-16,33-38H2/t51-,52-/m0/s1. The minimum Gasteiger partial charge on any atom is -0.494 e. The number of hydrogen-bond acceptors (Lipinski definition) is 12. The van der Waals surface area contributed by atoms with Crippen molar-refractivity contribution in [3.05, 3.63) is 133 Å². The third-order valence-electron chi connectivity index (χ3n) is 10.4. The second-order valence-electron chi connectivity index (χ2n) is 15.2. The van der Waals surface area contributed by atoms with Gasteiger partial charge in [-0.2, -0.15) is 0 Å². The molecule has 340 valence electrons. The van der Waals surface area contributed by atoms with Gasteiger partial charge >= 0.3 is 23.9 Å². The Kier molecular flexibility index (Phi) is 21.1. The number of rotatable bonds is 28. The van der Waals surface area contributed by atoms with Gasteiger partial charge in [-0.15, -0.1) is 0 Å². The summed E-state index contributed by atoms with van der Waals surface area (Å²) in [5.74, 6) is -0.454. The van der Waals surface area contributed by atoms with Crippen LogP contribution in [-0.2, 0) is 38.0 Å². The van der Waals surface area contributed by atoms with Crippen LogP contribution in [0.5, 0.6) is 11.5 Å². The van der Waals surface area contributed by atoms with E-state index in [2.05, 4.69) is 13.2 Å². The number of esters is 4. The second kappa shape index (κ2) is 27.7. The molecule has 0 saturated carbocycles. The summed E-state index contributed by atoms with van der Waals surface area (Å²) in [7, 11) is 0. The number of hydrogen-bond donors (Lipinski definition) is 0. The van der Waals surface area contributed by atoms with Gasteiger partial charge < -0.3 is 37.9 Å². The van der Waals surface area contributed by atoms with E-state index in [0.717, 1.165) is 111 Å². The van der Waals surface area contributed by atoms with E-state index in [1.807, 2.05) is 72.8 Å². The van der Waals surface area contributed by atoms with Gasteiger partial charge in [0.25, 0.3) is 12.6 Å². The van der Waals surface area contributed by atoms with Crippen LogP contribution < -0.4 is 9.47 Å². The Hall–Kier alpha value is -6.24. The molecule has 0 unspecified atom stereocenters.